The Morgan fingerprint density at radius 1 is 1.63 bits per heavy atom. The molecule has 7 heteroatoms. The average Bonchev–Trinajstić information content (AvgIpc) is 2.87. The van der Waals surface area contributed by atoms with E-state index in [2.05, 4.69) is 15.6 Å². The van der Waals surface area contributed by atoms with E-state index in [1.54, 1.807) is 12.1 Å². The Hall–Kier alpha value is -2.44. The van der Waals surface area contributed by atoms with Crippen molar-refractivity contribution in [3.63, 3.8) is 0 Å². The molecule has 1 aromatic rings. The summed E-state index contributed by atoms with van der Waals surface area (Å²) in [6.07, 6.45) is 3.92. The summed E-state index contributed by atoms with van der Waals surface area (Å²) in [4.78, 5) is 23.1. The van der Waals surface area contributed by atoms with E-state index >= 15 is 0 Å². The lowest BCUT2D eigenvalue weighted by Crippen LogP contribution is -2.38. The summed E-state index contributed by atoms with van der Waals surface area (Å²) in [7, 11) is 0. The molecule has 1 aromatic heterocycles. The Bertz CT molecular complexity index is 519. The molecule has 7 nitrogen and oxygen atoms in total. The molecular weight excluding hydrogens is 248 g/mol. The van der Waals surface area contributed by atoms with Crippen LogP contribution < -0.4 is 5.43 Å². The molecule has 0 aromatic carbocycles. The van der Waals surface area contributed by atoms with E-state index in [0.29, 0.717) is 18.6 Å². The van der Waals surface area contributed by atoms with Crippen molar-refractivity contribution in [2.24, 2.45) is 10.2 Å². The van der Waals surface area contributed by atoms with Crippen molar-refractivity contribution in [2.75, 3.05) is 6.54 Å². The molecule has 0 spiro atoms. The van der Waals surface area contributed by atoms with Crippen LogP contribution in [0.2, 0.25) is 0 Å². The molecule has 0 unspecified atom stereocenters. The number of rotatable bonds is 4. The van der Waals surface area contributed by atoms with Gasteiger partial charge in [-0.05, 0) is 25.5 Å². The van der Waals surface area contributed by atoms with E-state index in [9.17, 15) is 9.59 Å². The maximum absolute atomic E-state index is 11.6. The molecule has 1 N–H and O–H groups in total. The minimum atomic E-state index is -0.408. The summed E-state index contributed by atoms with van der Waals surface area (Å²) in [6.45, 7) is 1.69. The van der Waals surface area contributed by atoms with Gasteiger partial charge in [0.1, 0.15) is 12.3 Å². The monoisotopic (exact) mass is 262 g/mol. The largest absolute Gasteiger partial charge is 0.463 e. The molecule has 0 aliphatic carbocycles. The first-order chi connectivity index (χ1) is 9.15. The first-order valence-corrected chi connectivity index (χ1v) is 5.85. The van der Waals surface area contributed by atoms with Gasteiger partial charge in [-0.25, -0.2) is 10.4 Å². The van der Waals surface area contributed by atoms with Crippen molar-refractivity contribution in [3.8, 4) is 0 Å². The van der Waals surface area contributed by atoms with Gasteiger partial charge in [-0.3, -0.25) is 9.59 Å². The Morgan fingerprint density at radius 2 is 2.47 bits per heavy atom. The molecule has 0 saturated heterocycles. The lowest BCUT2D eigenvalue weighted by molar-refractivity contribution is -0.136. The van der Waals surface area contributed by atoms with Crippen molar-refractivity contribution >= 4 is 23.7 Å². The highest BCUT2D eigenvalue weighted by molar-refractivity contribution is 5.93. The predicted molar refractivity (Wildman–Crippen MR) is 68.5 cm³/mol. The van der Waals surface area contributed by atoms with Gasteiger partial charge in [0, 0.05) is 12.1 Å². The fourth-order valence-electron chi connectivity index (χ4n) is 1.56. The van der Waals surface area contributed by atoms with Crippen LogP contribution in [0, 0.1) is 0 Å². The van der Waals surface area contributed by atoms with Crippen molar-refractivity contribution < 1.29 is 14.0 Å². The van der Waals surface area contributed by atoms with Crippen LogP contribution >= 0.6 is 0 Å². The number of hydrazone groups is 2. The third-order valence-corrected chi connectivity index (χ3v) is 2.50. The molecule has 2 amide bonds. The average molecular weight is 262 g/mol. The lowest BCUT2D eigenvalue weighted by atomic mass is 10.2. The number of furan rings is 1. The van der Waals surface area contributed by atoms with Crippen LogP contribution in [0.3, 0.4) is 0 Å². The Labute approximate surface area is 110 Å². The van der Waals surface area contributed by atoms with Crippen molar-refractivity contribution in [3.05, 3.63) is 24.2 Å². The van der Waals surface area contributed by atoms with Gasteiger partial charge in [-0.15, -0.1) is 0 Å². The Kier molecular flexibility index (Phi) is 4.07. The smallest absolute Gasteiger partial charge is 0.261 e. The predicted octanol–water partition coefficient (Wildman–Crippen LogP) is 0.728. The van der Waals surface area contributed by atoms with Crippen LogP contribution in [0.5, 0.6) is 0 Å². The molecule has 0 radical (unpaired) electrons. The zero-order chi connectivity index (χ0) is 13.7. The first-order valence-electron chi connectivity index (χ1n) is 5.85. The first kappa shape index (κ1) is 13.0. The van der Waals surface area contributed by atoms with E-state index in [1.165, 1.54) is 12.5 Å². The summed E-state index contributed by atoms with van der Waals surface area (Å²) in [6, 6.07) is 3.42. The Balaban J connectivity index is 1.84. The number of hydrogen-bond donors (Lipinski definition) is 1. The molecule has 1 aliphatic rings. The standard InChI is InChI=1S/C12H14N4O3/c1-9-4-5-12(18)16(15-9)8-11(17)14-13-7-10-3-2-6-19-10/h2-3,6-7H,4-5,8H2,1H3,(H,14,17)/b13-7+. The van der Waals surface area contributed by atoms with Crippen LogP contribution in [0.1, 0.15) is 25.5 Å². The highest BCUT2D eigenvalue weighted by Crippen LogP contribution is 2.08. The van der Waals surface area contributed by atoms with Gasteiger partial charge in [0.2, 0.25) is 5.91 Å². The molecule has 1 aliphatic heterocycles. The third kappa shape index (κ3) is 3.77. The van der Waals surface area contributed by atoms with Crippen molar-refractivity contribution in [1.82, 2.24) is 10.4 Å². The van der Waals surface area contributed by atoms with E-state index in [4.69, 9.17) is 4.42 Å². The summed E-state index contributed by atoms with van der Waals surface area (Å²) >= 11 is 0. The second kappa shape index (κ2) is 5.94. The van der Waals surface area contributed by atoms with Crippen LogP contribution in [-0.2, 0) is 9.59 Å². The van der Waals surface area contributed by atoms with E-state index in [1.807, 2.05) is 6.92 Å². The van der Waals surface area contributed by atoms with E-state index in [-0.39, 0.29) is 12.5 Å². The van der Waals surface area contributed by atoms with E-state index in [0.717, 1.165) is 10.7 Å². The normalized spacial score (nSPS) is 15.7. The molecule has 2 heterocycles. The zero-order valence-corrected chi connectivity index (χ0v) is 10.5. The van der Waals surface area contributed by atoms with Gasteiger partial charge >= 0.3 is 0 Å². The van der Waals surface area contributed by atoms with Crippen molar-refractivity contribution in [1.29, 1.82) is 0 Å². The molecule has 0 bridgehead atoms. The Morgan fingerprint density at radius 3 is 3.21 bits per heavy atom. The van der Waals surface area contributed by atoms with Crippen LogP contribution in [0.4, 0.5) is 0 Å². The van der Waals surface area contributed by atoms with Crippen LogP contribution in [0.25, 0.3) is 0 Å². The van der Waals surface area contributed by atoms with E-state index < -0.39 is 5.91 Å². The number of carbonyl (C=O) groups excluding carboxylic acids is 2. The zero-order valence-electron chi connectivity index (χ0n) is 10.5. The van der Waals surface area contributed by atoms with Crippen molar-refractivity contribution in [2.45, 2.75) is 19.8 Å². The molecule has 2 rings (SSSR count). The summed E-state index contributed by atoms with van der Waals surface area (Å²) in [5.41, 5.74) is 3.15. The summed E-state index contributed by atoms with van der Waals surface area (Å²) < 4.78 is 5.01. The van der Waals surface area contributed by atoms with Gasteiger partial charge in [0.05, 0.1) is 12.5 Å². The number of nitrogens with zero attached hydrogens (tertiary/aromatic N) is 3. The van der Waals surface area contributed by atoms with Gasteiger partial charge in [0.15, 0.2) is 0 Å². The fourth-order valence-corrected chi connectivity index (χ4v) is 1.56. The van der Waals surface area contributed by atoms with Gasteiger partial charge < -0.3 is 4.42 Å². The number of carbonyl (C=O) groups is 2. The summed E-state index contributed by atoms with van der Waals surface area (Å²) in [5, 5.41) is 8.91. The number of amides is 2. The maximum Gasteiger partial charge on any atom is 0.261 e. The topological polar surface area (TPSA) is 87.3 Å². The maximum atomic E-state index is 11.6. The van der Waals surface area contributed by atoms with Gasteiger partial charge in [-0.1, -0.05) is 0 Å². The molecule has 100 valence electrons. The fraction of sp³-hybridized carbons (Fsp3) is 0.333. The second-order valence-electron chi connectivity index (χ2n) is 4.10. The minimum Gasteiger partial charge on any atom is -0.463 e. The number of nitrogens with one attached hydrogen (secondary N) is 1. The van der Waals surface area contributed by atoms with Crippen LogP contribution in [0.15, 0.2) is 33.0 Å². The van der Waals surface area contributed by atoms with Crippen LogP contribution in [-0.4, -0.2) is 35.3 Å². The molecule has 0 atom stereocenters. The van der Waals surface area contributed by atoms with Gasteiger partial charge in [0.25, 0.3) is 5.91 Å². The molecule has 0 saturated carbocycles. The molecule has 0 fully saturated rings. The highest BCUT2D eigenvalue weighted by Gasteiger charge is 2.20. The summed E-state index contributed by atoms with van der Waals surface area (Å²) in [5.74, 6) is -0.0337. The quantitative estimate of drug-likeness (QED) is 0.641. The third-order valence-electron chi connectivity index (χ3n) is 2.50. The SMILES string of the molecule is CC1=NN(CC(=O)N/N=C/c2ccco2)C(=O)CC1. The molecular formula is C12H14N4O3. The molecule has 19 heavy (non-hydrogen) atoms. The lowest BCUT2D eigenvalue weighted by Gasteiger charge is -2.21. The minimum absolute atomic E-state index is 0.133. The van der Waals surface area contributed by atoms with Gasteiger partial charge in [-0.2, -0.15) is 10.2 Å². The second-order valence-corrected chi connectivity index (χ2v) is 4.10. The number of hydrogen-bond acceptors (Lipinski definition) is 5. The highest BCUT2D eigenvalue weighted by atomic mass is 16.3.